The fourth-order valence-electron chi connectivity index (χ4n) is 4.23. The number of benzene rings is 2. The Bertz CT molecular complexity index is 1390. The van der Waals surface area contributed by atoms with E-state index < -0.39 is 33.5 Å². The van der Waals surface area contributed by atoms with Crippen LogP contribution < -0.4 is 20.3 Å². The quantitative estimate of drug-likeness (QED) is 0.633. The average molecular weight is 472 g/mol. The number of halogens is 1. The van der Waals surface area contributed by atoms with Crippen LogP contribution in [0.4, 0.5) is 10.1 Å². The Balaban J connectivity index is 2.03. The number of rotatable bonds is 4. The first-order valence-electron chi connectivity index (χ1n) is 10.5. The van der Waals surface area contributed by atoms with Gasteiger partial charge in [-0.25, -0.2) is 13.4 Å². The summed E-state index contributed by atoms with van der Waals surface area (Å²) in [6.45, 7) is 6.55. The molecule has 1 aliphatic rings. The van der Waals surface area contributed by atoms with Crippen molar-refractivity contribution in [3.05, 3.63) is 74.3 Å². The lowest BCUT2D eigenvalue weighted by molar-refractivity contribution is 0.396. The molecule has 1 aliphatic heterocycles. The minimum Gasteiger partial charge on any atom is -0.496 e. The van der Waals surface area contributed by atoms with E-state index in [9.17, 15) is 13.8 Å². The van der Waals surface area contributed by atoms with Crippen molar-refractivity contribution in [2.75, 3.05) is 24.2 Å². The molecule has 0 radical (unpaired) electrons. The molecule has 1 unspecified atom stereocenters. The molecule has 33 heavy (non-hydrogen) atoms. The number of aromatic amines is 1. The van der Waals surface area contributed by atoms with E-state index in [2.05, 4.69) is 4.98 Å². The highest BCUT2D eigenvalue weighted by atomic mass is 32.2. The summed E-state index contributed by atoms with van der Waals surface area (Å²) < 4.78 is 36.7. The summed E-state index contributed by atoms with van der Waals surface area (Å²) >= 11 is 0. The molecule has 4 rings (SSSR count). The molecule has 174 valence electrons. The molecule has 1 atom stereocenters. The lowest BCUT2D eigenvalue weighted by Gasteiger charge is -2.26. The number of H-pyrrole nitrogens is 1. The van der Waals surface area contributed by atoms with Crippen LogP contribution in [0.5, 0.6) is 5.75 Å². The molecule has 0 fully saturated rings. The first-order valence-corrected chi connectivity index (χ1v) is 12.0. The lowest BCUT2D eigenvalue weighted by atomic mass is 9.83. The van der Waals surface area contributed by atoms with Crippen molar-refractivity contribution in [3.63, 3.8) is 0 Å². The van der Waals surface area contributed by atoms with Gasteiger partial charge < -0.3 is 4.74 Å². The first-order chi connectivity index (χ1) is 15.5. The van der Waals surface area contributed by atoms with Gasteiger partial charge in [0.05, 0.1) is 24.0 Å². The molecule has 1 aromatic heterocycles. The van der Waals surface area contributed by atoms with E-state index in [1.54, 1.807) is 18.4 Å². The van der Waals surface area contributed by atoms with Crippen LogP contribution in [0, 0.1) is 5.82 Å². The molecule has 0 saturated heterocycles. The van der Waals surface area contributed by atoms with Gasteiger partial charge in [-0.3, -0.25) is 18.7 Å². The lowest BCUT2D eigenvalue weighted by Crippen LogP contribution is -2.28. The third kappa shape index (κ3) is 4.01. The van der Waals surface area contributed by atoms with Gasteiger partial charge in [-0.1, -0.05) is 26.8 Å². The minimum absolute atomic E-state index is 0.0220. The second-order valence-corrected chi connectivity index (χ2v) is 10.3. The maximum atomic E-state index is 16.1. The van der Waals surface area contributed by atoms with E-state index in [1.165, 1.54) is 19.4 Å². The van der Waals surface area contributed by atoms with Crippen molar-refractivity contribution in [2.24, 2.45) is 0 Å². The number of hydrogen-bond donors (Lipinski definition) is 1. The minimum atomic E-state index is -1.14. The molecule has 2 heterocycles. The van der Waals surface area contributed by atoms with Gasteiger partial charge in [0.1, 0.15) is 16.7 Å². The molecule has 9 heteroatoms. The number of hydrogen-bond acceptors (Lipinski definition) is 4. The highest BCUT2D eigenvalue weighted by molar-refractivity contribution is 7.85. The fraction of sp³-hybridized carbons (Fsp3) is 0.333. The first kappa shape index (κ1) is 23.0. The van der Waals surface area contributed by atoms with Crippen LogP contribution in [-0.2, 0) is 22.8 Å². The van der Waals surface area contributed by atoms with Gasteiger partial charge in [-0.2, -0.15) is 0 Å². The second-order valence-electron chi connectivity index (χ2n) is 9.02. The van der Waals surface area contributed by atoms with Crippen LogP contribution >= 0.6 is 0 Å². The van der Waals surface area contributed by atoms with Gasteiger partial charge in [0, 0.05) is 30.6 Å². The molecule has 7 nitrogen and oxygen atoms in total. The van der Waals surface area contributed by atoms with Crippen LogP contribution in [0.15, 0.2) is 46.1 Å². The molecule has 0 aliphatic carbocycles. The van der Waals surface area contributed by atoms with Crippen molar-refractivity contribution >= 4 is 16.7 Å². The van der Waals surface area contributed by atoms with Crippen molar-refractivity contribution in [3.8, 4) is 22.6 Å². The summed E-state index contributed by atoms with van der Waals surface area (Å²) in [5, 5.41) is 0. The zero-order valence-electron chi connectivity index (χ0n) is 19.2. The van der Waals surface area contributed by atoms with Gasteiger partial charge in [0.2, 0.25) is 0 Å². The van der Waals surface area contributed by atoms with E-state index in [1.807, 2.05) is 37.2 Å². The number of fused-ring (bicyclic) bond motifs is 1. The number of methoxy groups -OCH3 is 1. The summed E-state index contributed by atoms with van der Waals surface area (Å²) in [6, 6.07) is 8.27. The molecule has 0 bridgehead atoms. The topological polar surface area (TPSA) is 84.4 Å². The number of anilines is 1. The van der Waals surface area contributed by atoms with E-state index in [0.717, 1.165) is 15.8 Å². The summed E-state index contributed by atoms with van der Waals surface area (Å²) in [6.07, 6.45) is 3.59. The van der Waals surface area contributed by atoms with Crippen LogP contribution in [0.25, 0.3) is 16.8 Å². The average Bonchev–Trinajstić information content (AvgIpc) is 3.16. The van der Waals surface area contributed by atoms with Crippen molar-refractivity contribution in [1.82, 2.24) is 9.55 Å². The predicted molar refractivity (Wildman–Crippen MR) is 128 cm³/mol. The maximum Gasteiger partial charge on any atom is 0.333 e. The van der Waals surface area contributed by atoms with Gasteiger partial charge >= 0.3 is 5.69 Å². The Hall–Kier alpha value is -3.20. The molecular weight excluding hydrogens is 445 g/mol. The monoisotopic (exact) mass is 471 g/mol. The molecule has 3 aromatic rings. The number of nitrogens with zero attached hydrogens (tertiary/aromatic N) is 2. The Morgan fingerprint density at radius 3 is 2.45 bits per heavy atom. The fourth-order valence-corrected chi connectivity index (χ4v) is 5.03. The zero-order valence-corrected chi connectivity index (χ0v) is 20.0. The van der Waals surface area contributed by atoms with Crippen LogP contribution in [0.2, 0.25) is 0 Å². The highest BCUT2D eigenvalue weighted by Crippen LogP contribution is 2.44. The van der Waals surface area contributed by atoms with Crippen LogP contribution in [-0.4, -0.2) is 33.7 Å². The van der Waals surface area contributed by atoms with Crippen LogP contribution in [0.1, 0.15) is 31.9 Å². The molecular formula is C24H26FN3O4S. The Morgan fingerprint density at radius 1 is 1.12 bits per heavy atom. The third-order valence-corrected chi connectivity index (χ3v) is 6.82. The van der Waals surface area contributed by atoms with Crippen LogP contribution in [0.3, 0.4) is 0 Å². The third-order valence-electron chi connectivity index (χ3n) is 5.82. The molecule has 2 aromatic carbocycles. The molecule has 0 saturated carbocycles. The van der Waals surface area contributed by atoms with Gasteiger partial charge in [0.15, 0.2) is 5.82 Å². The van der Waals surface area contributed by atoms with Crippen molar-refractivity contribution in [1.29, 1.82) is 0 Å². The highest BCUT2D eigenvalue weighted by Gasteiger charge is 2.29. The largest absolute Gasteiger partial charge is 0.496 e. The standard InChI is InChI=1S/C24H26FN3O4S/c1-24(2,3)16-13-18(27-10-9-19(29)26-23(27)30)21(25)20(22(16)32-4)15-6-7-17-14(12-15)8-11-28(17)33(5)31/h6-7,9-10,12-13H,8,11H2,1-5H3,(H,26,29,30). The zero-order chi connectivity index (χ0) is 24.1. The van der Waals surface area contributed by atoms with E-state index in [-0.39, 0.29) is 11.3 Å². The van der Waals surface area contributed by atoms with Gasteiger partial charge in [0.25, 0.3) is 5.56 Å². The predicted octanol–water partition coefficient (Wildman–Crippen LogP) is 3.29. The Kier molecular flexibility index (Phi) is 5.78. The number of nitrogens with one attached hydrogen (secondary N) is 1. The smallest absolute Gasteiger partial charge is 0.333 e. The summed E-state index contributed by atoms with van der Waals surface area (Å²) in [5.41, 5.74) is 1.68. The molecule has 0 spiro atoms. The number of aromatic nitrogens is 2. The Labute approximate surface area is 193 Å². The number of ether oxygens (including phenoxy) is 1. The second kappa shape index (κ2) is 8.30. The summed E-state index contributed by atoms with van der Waals surface area (Å²) in [4.78, 5) is 26.2. The Morgan fingerprint density at radius 2 is 1.85 bits per heavy atom. The summed E-state index contributed by atoms with van der Waals surface area (Å²) in [5.74, 6) is -0.252. The molecule has 1 N–H and O–H groups in total. The SMILES string of the molecule is COc1c(C(C)(C)C)cc(-n2ccc(=O)[nH]c2=O)c(F)c1-c1ccc2c(c1)CCN2S(C)=O. The van der Waals surface area contributed by atoms with E-state index in [0.29, 0.717) is 29.8 Å². The van der Waals surface area contributed by atoms with Crippen molar-refractivity contribution < 1.29 is 13.3 Å². The molecule has 0 amide bonds. The van der Waals surface area contributed by atoms with E-state index in [4.69, 9.17) is 4.74 Å². The normalized spacial score (nSPS) is 14.3. The van der Waals surface area contributed by atoms with Gasteiger partial charge in [-0.05, 0) is 41.2 Å². The van der Waals surface area contributed by atoms with E-state index >= 15 is 4.39 Å². The summed E-state index contributed by atoms with van der Waals surface area (Å²) in [7, 11) is 0.350. The van der Waals surface area contributed by atoms with Crippen molar-refractivity contribution in [2.45, 2.75) is 32.6 Å². The maximum absolute atomic E-state index is 16.1. The van der Waals surface area contributed by atoms with Gasteiger partial charge in [-0.15, -0.1) is 0 Å².